The summed E-state index contributed by atoms with van der Waals surface area (Å²) in [6.45, 7) is 9.16. The predicted molar refractivity (Wildman–Crippen MR) is 155 cm³/mol. The van der Waals surface area contributed by atoms with Crippen LogP contribution in [-0.4, -0.2) is 60.0 Å². The number of urea groups is 1. The molecule has 39 heavy (non-hydrogen) atoms. The minimum absolute atomic E-state index is 0.0245. The highest BCUT2D eigenvalue weighted by Crippen LogP contribution is 2.48. The smallest absolute Gasteiger partial charge is 0.326 e. The number of thioether (sulfide) groups is 1. The van der Waals surface area contributed by atoms with E-state index in [-0.39, 0.29) is 35.3 Å². The zero-order valence-electron chi connectivity index (χ0n) is 22.8. The van der Waals surface area contributed by atoms with Crippen molar-refractivity contribution in [2.45, 2.75) is 63.5 Å². The zero-order valence-corrected chi connectivity index (χ0v) is 23.6. The number of para-hydroxylation sites is 1. The van der Waals surface area contributed by atoms with Gasteiger partial charge in [-0.05, 0) is 89.0 Å². The fourth-order valence-electron chi connectivity index (χ4n) is 6.33. The van der Waals surface area contributed by atoms with Crippen molar-refractivity contribution < 1.29 is 14.3 Å². The summed E-state index contributed by atoms with van der Waals surface area (Å²) < 4.78 is 6.01. The summed E-state index contributed by atoms with van der Waals surface area (Å²) >= 11 is 1.56. The Bertz CT molecular complexity index is 1280. The molecule has 3 amide bonds. The van der Waals surface area contributed by atoms with Crippen molar-refractivity contribution in [2.75, 3.05) is 24.5 Å². The third-order valence-electron chi connectivity index (χ3n) is 8.27. The Kier molecular flexibility index (Phi) is 7.31. The monoisotopic (exact) mass is 547 g/mol. The Morgan fingerprint density at radius 1 is 1.13 bits per heavy atom. The largest absolute Gasteiger partial charge is 0.457 e. The second-order valence-corrected chi connectivity index (χ2v) is 12.3. The van der Waals surface area contributed by atoms with E-state index in [1.165, 1.54) is 0 Å². The maximum absolute atomic E-state index is 13.6. The lowest BCUT2D eigenvalue weighted by Crippen LogP contribution is -2.62. The Hall–Kier alpha value is -3.01. The number of piperidine rings is 2. The second-order valence-electron chi connectivity index (χ2n) is 11.2. The van der Waals surface area contributed by atoms with Crippen LogP contribution in [0.3, 0.4) is 0 Å². The van der Waals surface area contributed by atoms with Gasteiger partial charge < -0.3 is 20.7 Å². The number of nitrogens with zero attached hydrogens (tertiary/aromatic N) is 2. The Morgan fingerprint density at radius 2 is 1.95 bits per heavy atom. The second kappa shape index (κ2) is 10.9. The standard InChI is InChI=1S/C30H37N5O3S/c1-18(2)34-15-7-8-20(17-34)32-28(36)27-26-25-24(13-14-31-29(25)39-27)35(30(37)33-26)23-12-11-22(16-19(23)3)38-21-9-5-4-6-10-21/h4-6,9-12,16,18,20,24-25,29,31H,7-8,13-15,17H2,1-3H3,(H,32,36)(H,33,37)/t20-,24?,25?,29?/m1/s1. The van der Waals surface area contributed by atoms with E-state index in [0.29, 0.717) is 10.9 Å². The van der Waals surface area contributed by atoms with Crippen LogP contribution in [0.5, 0.6) is 11.5 Å². The highest BCUT2D eigenvalue weighted by atomic mass is 32.2. The molecule has 0 spiro atoms. The van der Waals surface area contributed by atoms with Crippen LogP contribution in [0.2, 0.25) is 0 Å². The summed E-state index contributed by atoms with van der Waals surface area (Å²) in [6.07, 6.45) is 2.89. The molecule has 0 radical (unpaired) electrons. The molecular weight excluding hydrogens is 510 g/mol. The average Bonchev–Trinajstić information content (AvgIpc) is 3.30. The van der Waals surface area contributed by atoms with Gasteiger partial charge in [-0.2, -0.15) is 0 Å². The summed E-state index contributed by atoms with van der Waals surface area (Å²) in [7, 11) is 0. The van der Waals surface area contributed by atoms with Gasteiger partial charge in [0, 0.05) is 35.9 Å². The van der Waals surface area contributed by atoms with Crippen molar-refractivity contribution in [3.05, 3.63) is 64.7 Å². The van der Waals surface area contributed by atoms with Crippen molar-refractivity contribution in [1.29, 1.82) is 0 Å². The van der Waals surface area contributed by atoms with Crippen molar-refractivity contribution in [3.63, 3.8) is 0 Å². The van der Waals surface area contributed by atoms with Crippen LogP contribution in [-0.2, 0) is 4.79 Å². The highest BCUT2D eigenvalue weighted by molar-refractivity contribution is 8.04. The molecular formula is C30H37N5O3S. The molecule has 8 nitrogen and oxygen atoms in total. The number of benzene rings is 2. The number of rotatable bonds is 6. The van der Waals surface area contributed by atoms with E-state index >= 15 is 0 Å². The summed E-state index contributed by atoms with van der Waals surface area (Å²) in [5, 5.41) is 10.1. The molecule has 4 aliphatic rings. The average molecular weight is 548 g/mol. The number of amides is 3. The summed E-state index contributed by atoms with van der Waals surface area (Å²) in [4.78, 5) is 32.1. The molecule has 3 N–H and O–H groups in total. The van der Waals surface area contributed by atoms with E-state index in [0.717, 1.165) is 67.3 Å². The zero-order chi connectivity index (χ0) is 27.1. The molecule has 3 unspecified atom stereocenters. The molecule has 2 aromatic rings. The van der Waals surface area contributed by atoms with Crippen LogP contribution >= 0.6 is 11.8 Å². The number of nitrogens with one attached hydrogen (secondary N) is 3. The van der Waals surface area contributed by atoms with E-state index in [4.69, 9.17) is 4.74 Å². The summed E-state index contributed by atoms with van der Waals surface area (Å²) in [5.74, 6) is 1.47. The summed E-state index contributed by atoms with van der Waals surface area (Å²) in [5.41, 5.74) is 2.62. The van der Waals surface area contributed by atoms with Crippen molar-refractivity contribution in [1.82, 2.24) is 20.9 Å². The topological polar surface area (TPSA) is 85.9 Å². The Balaban J connectivity index is 1.22. The molecule has 3 fully saturated rings. The fourth-order valence-corrected chi connectivity index (χ4v) is 7.73. The molecule has 206 valence electrons. The third kappa shape index (κ3) is 5.15. The lowest BCUT2D eigenvalue weighted by molar-refractivity contribution is -0.118. The first-order valence-corrected chi connectivity index (χ1v) is 14.9. The third-order valence-corrected chi connectivity index (χ3v) is 9.63. The van der Waals surface area contributed by atoms with E-state index in [1.807, 2.05) is 60.4 Å². The number of likely N-dealkylation sites (tertiary alicyclic amines) is 1. The molecule has 0 aliphatic carbocycles. The molecule has 2 aromatic carbocycles. The van der Waals surface area contributed by atoms with E-state index < -0.39 is 0 Å². The number of hydrogen-bond donors (Lipinski definition) is 3. The predicted octanol–water partition coefficient (Wildman–Crippen LogP) is 4.57. The van der Waals surface area contributed by atoms with Gasteiger partial charge in [-0.1, -0.05) is 30.0 Å². The molecule has 0 aromatic heterocycles. The number of hydrogen-bond acceptors (Lipinski definition) is 6. The molecule has 4 heterocycles. The molecule has 9 heteroatoms. The van der Waals surface area contributed by atoms with Gasteiger partial charge in [0.1, 0.15) is 11.5 Å². The van der Waals surface area contributed by atoms with Gasteiger partial charge in [0.15, 0.2) is 0 Å². The molecule has 0 saturated carbocycles. The summed E-state index contributed by atoms with van der Waals surface area (Å²) in [6, 6.07) is 15.9. The normalized spacial score (nSPS) is 26.9. The first-order chi connectivity index (χ1) is 18.9. The van der Waals surface area contributed by atoms with Crippen molar-refractivity contribution >= 4 is 29.4 Å². The molecule has 3 saturated heterocycles. The first-order valence-electron chi connectivity index (χ1n) is 14.0. The molecule has 0 bridgehead atoms. The fraction of sp³-hybridized carbons (Fsp3) is 0.467. The van der Waals surface area contributed by atoms with Gasteiger partial charge in [-0.25, -0.2) is 4.79 Å². The molecule has 6 rings (SSSR count). The van der Waals surface area contributed by atoms with Crippen molar-refractivity contribution in [2.24, 2.45) is 5.92 Å². The Morgan fingerprint density at radius 3 is 2.72 bits per heavy atom. The van der Waals surface area contributed by atoms with Crippen LogP contribution < -0.4 is 25.6 Å². The highest BCUT2D eigenvalue weighted by Gasteiger charge is 2.52. The number of aryl methyl sites for hydroxylation is 1. The maximum Gasteiger partial charge on any atom is 0.326 e. The first kappa shape index (κ1) is 26.2. The van der Waals surface area contributed by atoms with E-state index in [2.05, 4.69) is 34.7 Å². The van der Waals surface area contributed by atoms with Crippen LogP contribution in [0.4, 0.5) is 10.5 Å². The molecule has 4 atom stereocenters. The maximum atomic E-state index is 13.6. The lowest BCUT2D eigenvalue weighted by Gasteiger charge is -2.46. The molecule has 4 aliphatic heterocycles. The van der Waals surface area contributed by atoms with Crippen LogP contribution in [0.25, 0.3) is 0 Å². The SMILES string of the molecule is Cc1cc(Oc2ccccc2)ccc1N1C(=O)NC2=C(C(=O)N[C@@H]3CCCN(C(C)C)C3)SC3NCCC1C23. The quantitative estimate of drug-likeness (QED) is 0.491. The Labute approximate surface area is 234 Å². The van der Waals surface area contributed by atoms with Gasteiger partial charge in [-0.3, -0.25) is 14.6 Å². The van der Waals surface area contributed by atoms with Gasteiger partial charge in [0.25, 0.3) is 5.91 Å². The van der Waals surface area contributed by atoms with Gasteiger partial charge in [0.2, 0.25) is 0 Å². The number of carbonyl (C=O) groups is 2. The minimum atomic E-state index is -0.178. The van der Waals surface area contributed by atoms with Gasteiger partial charge in [0.05, 0.1) is 16.3 Å². The lowest BCUT2D eigenvalue weighted by atomic mass is 9.86. The van der Waals surface area contributed by atoms with E-state index in [9.17, 15) is 9.59 Å². The number of carbonyl (C=O) groups excluding carboxylic acids is 2. The van der Waals surface area contributed by atoms with Crippen molar-refractivity contribution in [3.8, 4) is 11.5 Å². The number of ether oxygens (including phenoxy) is 1. The minimum Gasteiger partial charge on any atom is -0.457 e. The van der Waals surface area contributed by atoms with Crippen LogP contribution in [0.15, 0.2) is 59.1 Å². The van der Waals surface area contributed by atoms with Crippen LogP contribution in [0, 0.1) is 12.8 Å². The van der Waals surface area contributed by atoms with Gasteiger partial charge >= 0.3 is 6.03 Å². The number of anilines is 1. The van der Waals surface area contributed by atoms with Crippen LogP contribution in [0.1, 0.15) is 38.7 Å². The van der Waals surface area contributed by atoms with E-state index in [1.54, 1.807) is 11.8 Å². The van der Waals surface area contributed by atoms with Gasteiger partial charge in [-0.15, -0.1) is 0 Å².